The SMILES string of the molecule is COc1cc(C(=O)NCC(O)(c2cc3c(c(-c4ccc(F)cc4)n2)NCC3(C)N)C(F)(F)F)ccc1OC1CC1. The first kappa shape index (κ1) is 27.7. The molecular formula is C28H28F4N4O4. The van der Waals surface area contributed by atoms with Crippen LogP contribution in [0.5, 0.6) is 11.5 Å². The quantitative estimate of drug-likeness (QED) is 0.305. The van der Waals surface area contributed by atoms with Gasteiger partial charge in [-0.25, -0.2) is 9.37 Å². The molecule has 2 aromatic carbocycles. The van der Waals surface area contributed by atoms with Gasteiger partial charge in [-0.3, -0.25) is 4.79 Å². The van der Waals surface area contributed by atoms with Crippen LogP contribution in [0.1, 0.15) is 41.4 Å². The third kappa shape index (κ3) is 5.16. The van der Waals surface area contributed by atoms with E-state index in [4.69, 9.17) is 15.2 Å². The molecule has 1 saturated carbocycles. The molecule has 5 N–H and O–H groups in total. The fourth-order valence-electron chi connectivity index (χ4n) is 4.49. The molecule has 1 fully saturated rings. The van der Waals surface area contributed by atoms with Crippen LogP contribution in [0.25, 0.3) is 11.3 Å². The highest BCUT2D eigenvalue weighted by Crippen LogP contribution is 2.45. The van der Waals surface area contributed by atoms with E-state index in [2.05, 4.69) is 15.6 Å². The van der Waals surface area contributed by atoms with Crippen LogP contribution < -0.4 is 25.8 Å². The highest BCUT2D eigenvalue weighted by atomic mass is 19.4. The summed E-state index contributed by atoms with van der Waals surface area (Å²) in [5.74, 6) is -0.734. The number of nitrogens with zero attached hydrogens (tertiary/aromatic N) is 1. The monoisotopic (exact) mass is 560 g/mol. The number of aromatic nitrogens is 1. The van der Waals surface area contributed by atoms with Crippen molar-refractivity contribution in [2.75, 3.05) is 25.5 Å². The minimum atomic E-state index is -5.24. The number of carbonyl (C=O) groups is 1. The number of nitrogens with one attached hydrogen (secondary N) is 2. The molecule has 5 rings (SSSR count). The van der Waals surface area contributed by atoms with Crippen molar-refractivity contribution < 1.29 is 36.9 Å². The van der Waals surface area contributed by atoms with Crippen LogP contribution in [-0.4, -0.2) is 48.5 Å². The van der Waals surface area contributed by atoms with Gasteiger partial charge in [0.15, 0.2) is 11.5 Å². The number of nitrogens with two attached hydrogens (primary N) is 1. The lowest BCUT2D eigenvalue weighted by Crippen LogP contribution is -2.51. The number of hydrogen-bond donors (Lipinski definition) is 4. The molecule has 1 aliphatic heterocycles. The molecule has 1 aliphatic carbocycles. The highest BCUT2D eigenvalue weighted by Gasteiger charge is 2.57. The van der Waals surface area contributed by atoms with Crippen molar-refractivity contribution in [3.8, 4) is 22.8 Å². The summed E-state index contributed by atoms with van der Waals surface area (Å²) in [7, 11) is 1.39. The molecular weight excluding hydrogens is 532 g/mol. The number of benzene rings is 2. The summed E-state index contributed by atoms with van der Waals surface area (Å²) in [6.07, 6.45) is -3.36. The maximum absolute atomic E-state index is 14.5. The Morgan fingerprint density at radius 3 is 2.50 bits per heavy atom. The molecule has 0 saturated heterocycles. The molecule has 0 radical (unpaired) electrons. The standard InChI is InChI=1S/C28H28F4N4O4/c1-26(33)13-34-24-19(26)12-22(36-23(24)15-3-6-17(29)7-4-15)27(38,28(30,31)32)14-35-25(37)16-5-10-20(21(11-16)39-2)40-18-8-9-18/h3-7,10-12,18,34,38H,8-9,13-14,33H2,1-2H3,(H,35,37). The van der Waals surface area contributed by atoms with E-state index in [1.807, 2.05) is 0 Å². The zero-order chi connectivity index (χ0) is 28.9. The Labute approximate surface area is 227 Å². The van der Waals surface area contributed by atoms with Gasteiger partial charge in [0.25, 0.3) is 5.91 Å². The smallest absolute Gasteiger partial charge is 0.424 e. The van der Waals surface area contributed by atoms with Crippen LogP contribution in [0.15, 0.2) is 48.5 Å². The Kier molecular flexibility index (Phi) is 6.87. The number of alkyl halides is 3. The Morgan fingerprint density at radius 2 is 1.88 bits per heavy atom. The number of hydrogen-bond acceptors (Lipinski definition) is 7. The number of amides is 1. The molecule has 212 valence electrons. The number of aliphatic hydroxyl groups is 1. The lowest BCUT2D eigenvalue weighted by atomic mass is 9.89. The van der Waals surface area contributed by atoms with E-state index >= 15 is 0 Å². The molecule has 8 nitrogen and oxygen atoms in total. The van der Waals surface area contributed by atoms with Gasteiger partial charge < -0.3 is 30.9 Å². The van der Waals surface area contributed by atoms with Gasteiger partial charge in [0.2, 0.25) is 5.60 Å². The van der Waals surface area contributed by atoms with Crippen molar-refractivity contribution in [3.05, 3.63) is 71.2 Å². The van der Waals surface area contributed by atoms with Gasteiger partial charge in [-0.2, -0.15) is 13.2 Å². The topological polar surface area (TPSA) is 119 Å². The van der Waals surface area contributed by atoms with Crippen LogP contribution in [0.4, 0.5) is 23.2 Å². The van der Waals surface area contributed by atoms with Gasteiger partial charge in [0, 0.05) is 23.2 Å². The second-order valence-electron chi connectivity index (χ2n) is 10.3. The lowest BCUT2D eigenvalue weighted by Gasteiger charge is -2.31. The van der Waals surface area contributed by atoms with Gasteiger partial charge in [0.05, 0.1) is 42.4 Å². The van der Waals surface area contributed by atoms with E-state index in [1.54, 1.807) is 6.92 Å². The Hall–Kier alpha value is -3.90. The third-order valence-corrected chi connectivity index (χ3v) is 7.03. The molecule has 1 aromatic heterocycles. The predicted molar refractivity (Wildman–Crippen MR) is 139 cm³/mol. The summed E-state index contributed by atoms with van der Waals surface area (Å²) in [6, 6.07) is 10.4. The minimum Gasteiger partial charge on any atom is -0.493 e. The lowest BCUT2D eigenvalue weighted by molar-refractivity contribution is -0.265. The average molecular weight is 561 g/mol. The molecule has 1 amide bonds. The van der Waals surface area contributed by atoms with Crippen LogP contribution in [0.2, 0.25) is 0 Å². The van der Waals surface area contributed by atoms with E-state index in [9.17, 15) is 27.5 Å². The number of fused-ring (bicyclic) bond motifs is 1. The summed E-state index contributed by atoms with van der Waals surface area (Å²) in [6.45, 7) is 0.592. The number of rotatable bonds is 8. The first-order valence-corrected chi connectivity index (χ1v) is 12.6. The van der Waals surface area contributed by atoms with Gasteiger partial charge in [-0.15, -0.1) is 0 Å². The zero-order valence-corrected chi connectivity index (χ0v) is 21.7. The summed E-state index contributed by atoms with van der Waals surface area (Å²) in [4.78, 5) is 17.1. The number of carbonyl (C=O) groups excluding carboxylic acids is 1. The van der Waals surface area contributed by atoms with E-state index in [-0.39, 0.29) is 29.7 Å². The van der Waals surface area contributed by atoms with Gasteiger partial charge in [0.1, 0.15) is 5.82 Å². The molecule has 2 unspecified atom stereocenters. The molecule has 40 heavy (non-hydrogen) atoms. The van der Waals surface area contributed by atoms with Crippen molar-refractivity contribution >= 4 is 11.6 Å². The maximum Gasteiger partial charge on any atom is 0.424 e. The summed E-state index contributed by atoms with van der Waals surface area (Å²) >= 11 is 0. The Balaban J connectivity index is 1.49. The first-order valence-electron chi connectivity index (χ1n) is 12.6. The van der Waals surface area contributed by atoms with E-state index in [1.165, 1.54) is 37.4 Å². The minimum absolute atomic E-state index is 0.0113. The van der Waals surface area contributed by atoms with Gasteiger partial charge in [-0.1, -0.05) is 0 Å². The summed E-state index contributed by atoms with van der Waals surface area (Å²) in [5.41, 5.74) is 1.99. The van der Waals surface area contributed by atoms with Gasteiger partial charge in [-0.05, 0) is 68.3 Å². The molecule has 12 heteroatoms. The molecule has 0 bridgehead atoms. The number of anilines is 1. The number of ether oxygens (including phenoxy) is 2. The molecule has 0 spiro atoms. The van der Waals surface area contributed by atoms with E-state index in [0.717, 1.165) is 31.0 Å². The van der Waals surface area contributed by atoms with E-state index < -0.39 is 41.3 Å². The molecule has 2 atom stereocenters. The third-order valence-electron chi connectivity index (χ3n) is 7.03. The molecule has 3 aromatic rings. The van der Waals surface area contributed by atoms with Crippen molar-refractivity contribution in [1.82, 2.24) is 10.3 Å². The Morgan fingerprint density at radius 1 is 1.18 bits per heavy atom. The fraction of sp³-hybridized carbons (Fsp3) is 0.357. The summed E-state index contributed by atoms with van der Waals surface area (Å²) in [5, 5.41) is 16.4. The molecule has 2 aliphatic rings. The normalized spacial score (nSPS) is 19.8. The fourth-order valence-corrected chi connectivity index (χ4v) is 4.49. The number of pyridine rings is 1. The van der Waals surface area contributed by atoms with Crippen molar-refractivity contribution in [1.29, 1.82) is 0 Å². The van der Waals surface area contributed by atoms with Gasteiger partial charge >= 0.3 is 6.18 Å². The van der Waals surface area contributed by atoms with Crippen LogP contribution in [-0.2, 0) is 11.1 Å². The highest BCUT2D eigenvalue weighted by molar-refractivity contribution is 5.95. The predicted octanol–water partition coefficient (Wildman–Crippen LogP) is 4.22. The zero-order valence-electron chi connectivity index (χ0n) is 21.7. The number of methoxy groups -OCH3 is 1. The first-order chi connectivity index (χ1) is 18.8. The second-order valence-corrected chi connectivity index (χ2v) is 10.3. The van der Waals surface area contributed by atoms with Crippen LogP contribution >= 0.6 is 0 Å². The van der Waals surface area contributed by atoms with Crippen molar-refractivity contribution in [3.63, 3.8) is 0 Å². The van der Waals surface area contributed by atoms with Crippen molar-refractivity contribution in [2.45, 2.75) is 43.2 Å². The van der Waals surface area contributed by atoms with Crippen LogP contribution in [0, 0.1) is 5.82 Å². The second kappa shape index (κ2) is 9.93. The average Bonchev–Trinajstić information content (AvgIpc) is 3.68. The Bertz CT molecular complexity index is 1440. The maximum atomic E-state index is 14.5. The summed E-state index contributed by atoms with van der Waals surface area (Å²) < 4.78 is 68.1. The number of halogens is 4. The molecule has 2 heterocycles. The van der Waals surface area contributed by atoms with Crippen LogP contribution in [0.3, 0.4) is 0 Å². The van der Waals surface area contributed by atoms with E-state index in [0.29, 0.717) is 22.6 Å². The largest absolute Gasteiger partial charge is 0.493 e. The van der Waals surface area contributed by atoms with Crippen molar-refractivity contribution in [2.24, 2.45) is 5.73 Å².